The van der Waals surface area contributed by atoms with E-state index in [1.807, 2.05) is 0 Å². The predicted octanol–water partition coefficient (Wildman–Crippen LogP) is -0.197. The number of β-amino-alcohol motifs (C(OH)–C–C–N with tert-alkyl or cyclic N) is 2. The highest BCUT2D eigenvalue weighted by Crippen LogP contribution is 2.04. The van der Waals surface area contributed by atoms with E-state index in [0.29, 0.717) is 13.1 Å². The van der Waals surface area contributed by atoms with E-state index in [1.165, 1.54) is 0 Å². The van der Waals surface area contributed by atoms with E-state index in [0.717, 1.165) is 26.2 Å². The second kappa shape index (κ2) is 7.69. The van der Waals surface area contributed by atoms with Crippen molar-refractivity contribution < 1.29 is 10.2 Å². The molecule has 0 bridgehead atoms. The van der Waals surface area contributed by atoms with Crippen molar-refractivity contribution in [1.82, 2.24) is 9.80 Å². The third-order valence-corrected chi connectivity index (χ3v) is 3.47. The summed E-state index contributed by atoms with van der Waals surface area (Å²) >= 11 is 11.1. The third-order valence-electron chi connectivity index (χ3n) is 2.76. The number of alkyl halides is 2. The lowest BCUT2D eigenvalue weighted by Gasteiger charge is -2.36. The van der Waals surface area contributed by atoms with Crippen molar-refractivity contribution in [3.63, 3.8) is 0 Å². The number of piperazine rings is 1. The molecule has 0 aromatic rings. The molecule has 0 aliphatic carbocycles. The lowest BCUT2D eigenvalue weighted by atomic mass is 10.2. The fourth-order valence-corrected chi connectivity index (χ4v) is 2.04. The maximum atomic E-state index is 9.41. The van der Waals surface area contributed by atoms with Crippen molar-refractivity contribution in [2.45, 2.75) is 12.2 Å². The Kier molecular flexibility index (Phi) is 6.96. The van der Waals surface area contributed by atoms with Gasteiger partial charge in [0.15, 0.2) is 0 Å². The summed E-state index contributed by atoms with van der Waals surface area (Å²) in [5.74, 6) is 0.566. The zero-order valence-corrected chi connectivity index (χ0v) is 10.9. The lowest BCUT2D eigenvalue weighted by molar-refractivity contribution is 0.0591. The number of rotatable bonds is 6. The minimum absolute atomic E-state index is 0.283. The van der Waals surface area contributed by atoms with Crippen LogP contribution in [-0.4, -0.2) is 83.2 Å². The van der Waals surface area contributed by atoms with Gasteiger partial charge in [0.05, 0.1) is 12.2 Å². The highest BCUT2D eigenvalue weighted by molar-refractivity contribution is 6.18. The highest BCUT2D eigenvalue weighted by Gasteiger charge is 2.20. The van der Waals surface area contributed by atoms with Crippen molar-refractivity contribution in [1.29, 1.82) is 0 Å². The second-order valence-electron chi connectivity index (χ2n) is 4.22. The van der Waals surface area contributed by atoms with Gasteiger partial charge in [-0.2, -0.15) is 0 Å². The highest BCUT2D eigenvalue weighted by atomic mass is 35.5. The van der Waals surface area contributed by atoms with Gasteiger partial charge in [0, 0.05) is 51.0 Å². The summed E-state index contributed by atoms with van der Waals surface area (Å²) in [6.07, 6.45) is -0.886. The molecule has 0 amide bonds. The monoisotopic (exact) mass is 270 g/mol. The number of aliphatic hydroxyl groups is 2. The van der Waals surface area contributed by atoms with E-state index < -0.39 is 12.2 Å². The first-order valence-corrected chi connectivity index (χ1v) is 6.65. The van der Waals surface area contributed by atoms with E-state index >= 15 is 0 Å². The molecule has 0 aromatic heterocycles. The topological polar surface area (TPSA) is 46.9 Å². The average Bonchev–Trinajstić information content (AvgIpc) is 2.31. The number of aliphatic hydroxyl groups excluding tert-OH is 2. The summed E-state index contributed by atoms with van der Waals surface area (Å²) in [5, 5.41) is 18.8. The van der Waals surface area contributed by atoms with Crippen LogP contribution < -0.4 is 0 Å². The number of hydrogen-bond acceptors (Lipinski definition) is 4. The van der Waals surface area contributed by atoms with Crippen molar-refractivity contribution in [2.24, 2.45) is 0 Å². The molecule has 0 radical (unpaired) electrons. The fraction of sp³-hybridized carbons (Fsp3) is 1.00. The maximum Gasteiger partial charge on any atom is 0.0802 e. The van der Waals surface area contributed by atoms with Crippen LogP contribution in [0.4, 0.5) is 0 Å². The van der Waals surface area contributed by atoms with Gasteiger partial charge in [0.2, 0.25) is 0 Å². The second-order valence-corrected chi connectivity index (χ2v) is 4.83. The van der Waals surface area contributed by atoms with Gasteiger partial charge in [-0.1, -0.05) is 0 Å². The van der Waals surface area contributed by atoms with E-state index in [2.05, 4.69) is 9.80 Å². The van der Waals surface area contributed by atoms with Crippen LogP contribution in [0.5, 0.6) is 0 Å². The summed E-state index contributed by atoms with van der Waals surface area (Å²) < 4.78 is 0. The molecular weight excluding hydrogens is 251 g/mol. The van der Waals surface area contributed by atoms with E-state index in [9.17, 15) is 10.2 Å². The SMILES string of the molecule is O[C@H](CCl)CN1CCN(C[C@@H](O)CCl)CC1. The zero-order chi connectivity index (χ0) is 12.0. The quantitative estimate of drug-likeness (QED) is 0.657. The molecule has 0 saturated carbocycles. The Balaban J connectivity index is 2.18. The zero-order valence-electron chi connectivity index (χ0n) is 9.36. The molecule has 4 nitrogen and oxygen atoms in total. The molecule has 0 unspecified atom stereocenters. The van der Waals surface area contributed by atoms with Gasteiger partial charge in [0.1, 0.15) is 0 Å². The van der Waals surface area contributed by atoms with Crippen LogP contribution in [0.2, 0.25) is 0 Å². The van der Waals surface area contributed by atoms with Gasteiger partial charge in [-0.15, -0.1) is 23.2 Å². The first kappa shape index (κ1) is 14.5. The summed E-state index contributed by atoms with van der Waals surface area (Å²) in [5.41, 5.74) is 0. The molecule has 96 valence electrons. The van der Waals surface area contributed by atoms with Crippen LogP contribution in [-0.2, 0) is 0 Å². The van der Waals surface area contributed by atoms with Gasteiger partial charge in [-0.25, -0.2) is 0 Å². The Labute approximate surface area is 107 Å². The maximum absolute atomic E-state index is 9.41. The molecule has 0 spiro atoms. The Morgan fingerprint density at radius 2 is 1.12 bits per heavy atom. The van der Waals surface area contributed by atoms with E-state index in [1.54, 1.807) is 0 Å². The van der Waals surface area contributed by atoms with Gasteiger partial charge in [-0.3, -0.25) is 9.80 Å². The van der Waals surface area contributed by atoms with Crippen molar-refractivity contribution in [3.8, 4) is 0 Å². The Morgan fingerprint density at radius 1 is 0.812 bits per heavy atom. The van der Waals surface area contributed by atoms with Crippen LogP contribution in [0.3, 0.4) is 0 Å². The Morgan fingerprint density at radius 3 is 1.38 bits per heavy atom. The van der Waals surface area contributed by atoms with Crippen molar-refractivity contribution in [3.05, 3.63) is 0 Å². The van der Waals surface area contributed by atoms with Crippen molar-refractivity contribution in [2.75, 3.05) is 51.0 Å². The fourth-order valence-electron chi connectivity index (χ4n) is 1.85. The summed E-state index contributed by atoms with van der Waals surface area (Å²) in [4.78, 5) is 4.38. The summed E-state index contributed by atoms with van der Waals surface area (Å²) in [6, 6.07) is 0. The van der Waals surface area contributed by atoms with Crippen LogP contribution in [0.1, 0.15) is 0 Å². The average molecular weight is 271 g/mol. The first-order chi connectivity index (χ1) is 7.65. The van der Waals surface area contributed by atoms with Crippen LogP contribution in [0, 0.1) is 0 Å². The standard InChI is InChI=1S/C10H20Cl2N2O2/c11-5-9(15)7-13-1-2-14(4-3-13)8-10(16)6-12/h9-10,15-16H,1-8H2/t9-,10+. The summed E-state index contributed by atoms with van der Waals surface area (Å²) in [7, 11) is 0. The van der Waals surface area contributed by atoms with Crippen molar-refractivity contribution >= 4 is 23.2 Å². The minimum atomic E-state index is -0.443. The molecule has 2 N–H and O–H groups in total. The minimum Gasteiger partial charge on any atom is -0.391 e. The third kappa shape index (κ3) is 5.17. The molecule has 1 heterocycles. The molecule has 6 heteroatoms. The van der Waals surface area contributed by atoms with Gasteiger partial charge in [0.25, 0.3) is 0 Å². The van der Waals surface area contributed by atoms with Crippen LogP contribution in [0.25, 0.3) is 0 Å². The number of hydrogen-bond donors (Lipinski definition) is 2. The molecule has 1 fully saturated rings. The smallest absolute Gasteiger partial charge is 0.0802 e. The number of nitrogens with zero attached hydrogens (tertiary/aromatic N) is 2. The van der Waals surface area contributed by atoms with Gasteiger partial charge in [-0.05, 0) is 0 Å². The number of halogens is 2. The first-order valence-electron chi connectivity index (χ1n) is 5.58. The predicted molar refractivity (Wildman–Crippen MR) is 66.3 cm³/mol. The molecule has 0 aromatic carbocycles. The van der Waals surface area contributed by atoms with E-state index in [-0.39, 0.29) is 11.8 Å². The molecule has 1 saturated heterocycles. The summed E-state index contributed by atoms with van der Waals surface area (Å²) in [6.45, 7) is 4.89. The molecule has 16 heavy (non-hydrogen) atoms. The molecule has 2 atom stereocenters. The molecule has 1 aliphatic heterocycles. The Bertz CT molecular complexity index is 170. The molecule has 1 rings (SSSR count). The van der Waals surface area contributed by atoms with Crippen LogP contribution >= 0.6 is 23.2 Å². The molecule has 1 aliphatic rings. The molecular formula is C10H20Cl2N2O2. The van der Waals surface area contributed by atoms with E-state index in [4.69, 9.17) is 23.2 Å². The lowest BCUT2D eigenvalue weighted by Crippen LogP contribution is -2.50. The van der Waals surface area contributed by atoms with Gasteiger partial charge < -0.3 is 10.2 Å². The largest absolute Gasteiger partial charge is 0.391 e. The van der Waals surface area contributed by atoms with Gasteiger partial charge >= 0.3 is 0 Å². The Hall–Kier alpha value is 0.420. The normalized spacial score (nSPS) is 23.2. The van der Waals surface area contributed by atoms with Crippen LogP contribution in [0.15, 0.2) is 0 Å².